The second-order valence-corrected chi connectivity index (χ2v) is 6.12. The molecule has 0 spiro atoms. The van der Waals surface area contributed by atoms with Gasteiger partial charge in [-0.3, -0.25) is 0 Å². The smallest absolute Gasteiger partial charge is 0.207 e. The molecule has 2 aliphatic carbocycles. The van der Waals surface area contributed by atoms with Crippen LogP contribution in [0, 0.1) is 6.92 Å². The number of imidazole rings is 1. The van der Waals surface area contributed by atoms with Crippen molar-refractivity contribution in [1.29, 1.82) is 0 Å². The highest BCUT2D eigenvalue weighted by molar-refractivity contribution is 5.62. The Bertz CT molecular complexity index is 638. The van der Waals surface area contributed by atoms with E-state index in [1.807, 2.05) is 0 Å². The van der Waals surface area contributed by atoms with E-state index in [1.165, 1.54) is 55.3 Å². The van der Waals surface area contributed by atoms with E-state index in [0.717, 1.165) is 11.6 Å². The van der Waals surface area contributed by atoms with Crippen molar-refractivity contribution >= 4 is 11.6 Å². The first-order chi connectivity index (χ1) is 9.81. The predicted molar refractivity (Wildman–Crippen MR) is 81.6 cm³/mol. The highest BCUT2D eigenvalue weighted by Crippen LogP contribution is 2.38. The zero-order valence-corrected chi connectivity index (χ0v) is 12.0. The molecule has 2 aliphatic rings. The minimum Gasteiger partial charge on any atom is -0.325 e. The maximum atomic E-state index is 4.67. The number of aryl methyl sites for hydroxylation is 2. The summed E-state index contributed by atoms with van der Waals surface area (Å²) in [5, 5.41) is 3.59. The van der Waals surface area contributed by atoms with Crippen LogP contribution in [-0.2, 0) is 12.8 Å². The average molecular weight is 267 g/mol. The van der Waals surface area contributed by atoms with Crippen LogP contribution in [0.2, 0.25) is 0 Å². The van der Waals surface area contributed by atoms with Crippen LogP contribution >= 0.6 is 0 Å². The van der Waals surface area contributed by atoms with E-state index in [2.05, 4.69) is 46.2 Å². The van der Waals surface area contributed by atoms with Gasteiger partial charge >= 0.3 is 0 Å². The van der Waals surface area contributed by atoms with Crippen molar-refractivity contribution in [3.8, 4) is 0 Å². The summed E-state index contributed by atoms with van der Waals surface area (Å²) in [6.07, 6.45) is 9.81. The lowest BCUT2D eigenvalue weighted by Gasteiger charge is -2.20. The number of nitrogens with one attached hydrogen (secondary N) is 1. The quantitative estimate of drug-likeness (QED) is 0.905. The fraction of sp³-hybridized carbons (Fsp3) is 0.471. The van der Waals surface area contributed by atoms with Crippen LogP contribution in [0.1, 0.15) is 48.5 Å². The number of hydrogen-bond acceptors (Lipinski definition) is 2. The highest BCUT2D eigenvalue weighted by atomic mass is 15.2. The van der Waals surface area contributed by atoms with Crippen molar-refractivity contribution in [3.63, 3.8) is 0 Å². The molecule has 1 fully saturated rings. The molecule has 20 heavy (non-hydrogen) atoms. The molecule has 0 amide bonds. The van der Waals surface area contributed by atoms with Gasteiger partial charge in [0.05, 0.1) is 5.69 Å². The van der Waals surface area contributed by atoms with Crippen LogP contribution in [0.3, 0.4) is 0 Å². The fourth-order valence-electron chi connectivity index (χ4n) is 3.26. The van der Waals surface area contributed by atoms with Gasteiger partial charge in [0, 0.05) is 17.9 Å². The summed E-state index contributed by atoms with van der Waals surface area (Å²) >= 11 is 0. The summed E-state index contributed by atoms with van der Waals surface area (Å²) in [7, 11) is 0. The number of benzene rings is 1. The van der Waals surface area contributed by atoms with Crippen LogP contribution < -0.4 is 5.32 Å². The van der Waals surface area contributed by atoms with Crippen LogP contribution in [0.15, 0.2) is 24.4 Å². The Labute approximate surface area is 120 Å². The molecule has 1 saturated carbocycles. The monoisotopic (exact) mass is 267 g/mol. The molecule has 0 radical (unpaired) electrons. The Balaban J connectivity index is 1.69. The fourth-order valence-corrected chi connectivity index (χ4v) is 3.26. The summed E-state index contributed by atoms with van der Waals surface area (Å²) in [6.45, 7) is 2.07. The van der Waals surface area contributed by atoms with Gasteiger partial charge in [-0.2, -0.15) is 0 Å². The number of nitrogens with zero attached hydrogens (tertiary/aromatic N) is 2. The zero-order chi connectivity index (χ0) is 13.5. The van der Waals surface area contributed by atoms with Crippen molar-refractivity contribution in [1.82, 2.24) is 9.55 Å². The molecule has 2 aromatic rings. The van der Waals surface area contributed by atoms with E-state index < -0.39 is 0 Å². The molecule has 1 N–H and O–H groups in total. The molecule has 0 bridgehead atoms. The van der Waals surface area contributed by atoms with Crippen LogP contribution in [0.5, 0.6) is 0 Å². The van der Waals surface area contributed by atoms with E-state index >= 15 is 0 Å². The van der Waals surface area contributed by atoms with E-state index in [9.17, 15) is 0 Å². The first-order valence-corrected chi connectivity index (χ1v) is 7.74. The zero-order valence-electron chi connectivity index (χ0n) is 12.0. The Hall–Kier alpha value is -1.77. The lowest BCUT2D eigenvalue weighted by atomic mass is 9.90. The molecule has 0 atom stereocenters. The molecule has 104 valence electrons. The molecule has 1 aromatic carbocycles. The standard InChI is InChI=1S/C17H21N3/c1-12-11-20(14-9-10-14)17(18-12)19-16-8-4-6-13-5-2-3-7-15(13)16/h4,6,8,11,14H,2-3,5,7,9-10H2,1H3,(H,18,19). The molecule has 0 saturated heterocycles. The minimum absolute atomic E-state index is 0.665. The van der Waals surface area contributed by atoms with Gasteiger partial charge < -0.3 is 9.88 Å². The first kappa shape index (κ1) is 12.0. The molecule has 0 aliphatic heterocycles. The number of rotatable bonds is 3. The predicted octanol–water partition coefficient (Wildman–Crippen LogP) is 4.15. The van der Waals surface area contributed by atoms with Gasteiger partial charge in [0.15, 0.2) is 0 Å². The largest absolute Gasteiger partial charge is 0.325 e. The minimum atomic E-state index is 0.665. The van der Waals surface area contributed by atoms with E-state index in [1.54, 1.807) is 0 Å². The van der Waals surface area contributed by atoms with Gasteiger partial charge in [0.2, 0.25) is 5.95 Å². The number of hydrogen-bond donors (Lipinski definition) is 1. The topological polar surface area (TPSA) is 29.9 Å². The Morgan fingerprint density at radius 1 is 1.20 bits per heavy atom. The molecule has 4 rings (SSSR count). The summed E-state index contributed by atoms with van der Waals surface area (Å²) in [5.74, 6) is 1.02. The molecule has 1 aromatic heterocycles. The lowest BCUT2D eigenvalue weighted by molar-refractivity contribution is 0.686. The second-order valence-electron chi connectivity index (χ2n) is 6.12. The Kier molecular flexibility index (Phi) is 2.79. The van der Waals surface area contributed by atoms with Crippen LogP contribution in [0.4, 0.5) is 11.6 Å². The first-order valence-electron chi connectivity index (χ1n) is 7.74. The normalized spacial score (nSPS) is 17.9. The van der Waals surface area contributed by atoms with Crippen molar-refractivity contribution in [2.75, 3.05) is 5.32 Å². The molecule has 0 unspecified atom stereocenters. The van der Waals surface area contributed by atoms with Gasteiger partial charge in [0.1, 0.15) is 0 Å². The summed E-state index contributed by atoms with van der Waals surface area (Å²) < 4.78 is 2.32. The Morgan fingerprint density at radius 3 is 2.90 bits per heavy atom. The van der Waals surface area contributed by atoms with Crippen molar-refractivity contribution in [2.45, 2.75) is 51.5 Å². The molecular formula is C17H21N3. The third-order valence-corrected chi connectivity index (χ3v) is 4.44. The molecule has 3 heteroatoms. The van der Waals surface area contributed by atoms with Gasteiger partial charge in [0.25, 0.3) is 0 Å². The van der Waals surface area contributed by atoms with Crippen molar-refractivity contribution < 1.29 is 0 Å². The van der Waals surface area contributed by atoms with Crippen molar-refractivity contribution in [2.24, 2.45) is 0 Å². The SMILES string of the molecule is Cc1cn(C2CC2)c(Nc2cccc3c2CCCC3)n1. The van der Waals surface area contributed by atoms with Crippen molar-refractivity contribution in [3.05, 3.63) is 41.2 Å². The van der Waals surface area contributed by atoms with Crippen LogP contribution in [-0.4, -0.2) is 9.55 Å². The maximum Gasteiger partial charge on any atom is 0.207 e. The third kappa shape index (κ3) is 2.11. The summed E-state index contributed by atoms with van der Waals surface area (Å²) in [4.78, 5) is 4.67. The van der Waals surface area contributed by atoms with E-state index in [4.69, 9.17) is 0 Å². The summed E-state index contributed by atoms with van der Waals surface area (Å²) in [6, 6.07) is 7.31. The van der Waals surface area contributed by atoms with Crippen LogP contribution in [0.25, 0.3) is 0 Å². The van der Waals surface area contributed by atoms with E-state index in [-0.39, 0.29) is 0 Å². The molecule has 1 heterocycles. The van der Waals surface area contributed by atoms with E-state index in [0.29, 0.717) is 6.04 Å². The maximum absolute atomic E-state index is 4.67. The second kappa shape index (κ2) is 4.65. The van der Waals surface area contributed by atoms with Gasteiger partial charge in [-0.1, -0.05) is 12.1 Å². The molecular weight excluding hydrogens is 246 g/mol. The summed E-state index contributed by atoms with van der Waals surface area (Å²) in [5.41, 5.74) is 5.38. The Morgan fingerprint density at radius 2 is 2.05 bits per heavy atom. The molecule has 3 nitrogen and oxygen atoms in total. The number of fused-ring (bicyclic) bond motifs is 1. The lowest BCUT2D eigenvalue weighted by Crippen LogP contribution is -2.08. The number of aromatic nitrogens is 2. The van der Waals surface area contributed by atoms with Gasteiger partial charge in [-0.15, -0.1) is 0 Å². The van der Waals surface area contributed by atoms with Gasteiger partial charge in [-0.05, 0) is 62.6 Å². The third-order valence-electron chi connectivity index (χ3n) is 4.44. The van der Waals surface area contributed by atoms with Gasteiger partial charge in [-0.25, -0.2) is 4.98 Å². The average Bonchev–Trinajstić information content (AvgIpc) is 3.24. The number of anilines is 2. The highest BCUT2D eigenvalue weighted by Gasteiger charge is 2.26.